The van der Waals surface area contributed by atoms with Crippen LogP contribution in [0.1, 0.15) is 54.6 Å². The summed E-state index contributed by atoms with van der Waals surface area (Å²) in [4.78, 5) is 10.1. The fourth-order valence-electron chi connectivity index (χ4n) is 5.33. The number of nitrogens with zero attached hydrogens (tertiary/aromatic N) is 2. The van der Waals surface area contributed by atoms with Gasteiger partial charge in [-0.05, 0) is 48.2 Å². The van der Waals surface area contributed by atoms with E-state index in [1.165, 1.54) is 5.56 Å². The number of hydrogen-bond acceptors (Lipinski definition) is 3. The number of aliphatic hydroxyl groups is 1. The average Bonchev–Trinajstić information content (AvgIpc) is 3.24. The first-order valence-corrected chi connectivity index (χ1v) is 11.9. The fraction of sp³-hybridized carbons (Fsp3) is 0.300. The third-order valence-electron chi connectivity index (χ3n) is 7.13. The molecule has 1 unspecified atom stereocenters. The normalized spacial score (nSPS) is 17.1. The number of hydrogen-bond donors (Lipinski definition) is 2. The van der Waals surface area contributed by atoms with Gasteiger partial charge in [-0.25, -0.2) is 0 Å². The van der Waals surface area contributed by atoms with Crippen molar-refractivity contribution in [1.82, 2.24) is 14.9 Å². The molecule has 5 rings (SSSR count). The van der Waals surface area contributed by atoms with E-state index < -0.39 is 5.60 Å². The van der Waals surface area contributed by atoms with Crippen LogP contribution in [0.5, 0.6) is 0 Å². The van der Waals surface area contributed by atoms with Gasteiger partial charge in [-0.2, -0.15) is 0 Å². The predicted molar refractivity (Wildman–Crippen MR) is 138 cm³/mol. The van der Waals surface area contributed by atoms with E-state index in [4.69, 9.17) is 0 Å². The van der Waals surface area contributed by atoms with Crippen LogP contribution in [0.3, 0.4) is 0 Å². The number of pyridine rings is 1. The van der Waals surface area contributed by atoms with Gasteiger partial charge in [0.1, 0.15) is 5.60 Å². The molecule has 4 aromatic rings. The van der Waals surface area contributed by atoms with E-state index in [1.807, 2.05) is 24.3 Å². The number of para-hydroxylation sites is 1. The summed E-state index contributed by atoms with van der Waals surface area (Å²) < 4.78 is 0. The summed E-state index contributed by atoms with van der Waals surface area (Å²) in [5.74, 6) is 6.91. The lowest BCUT2D eigenvalue weighted by Gasteiger charge is -2.55. The van der Waals surface area contributed by atoms with Crippen LogP contribution in [-0.2, 0) is 5.60 Å². The third kappa shape index (κ3) is 3.81. The van der Waals surface area contributed by atoms with Crippen molar-refractivity contribution in [1.29, 1.82) is 0 Å². The zero-order valence-corrected chi connectivity index (χ0v) is 20.3. The van der Waals surface area contributed by atoms with Crippen molar-refractivity contribution in [3.8, 4) is 11.8 Å². The Morgan fingerprint density at radius 1 is 1.00 bits per heavy atom. The quantitative estimate of drug-likeness (QED) is 0.417. The highest BCUT2D eigenvalue weighted by molar-refractivity contribution is 5.81. The van der Waals surface area contributed by atoms with Gasteiger partial charge < -0.3 is 15.0 Å². The first-order valence-electron chi connectivity index (χ1n) is 11.9. The summed E-state index contributed by atoms with van der Waals surface area (Å²) in [5.41, 5.74) is 4.16. The Balaban J connectivity index is 1.54. The third-order valence-corrected chi connectivity index (χ3v) is 7.13. The molecule has 2 N–H and O–H groups in total. The first-order chi connectivity index (χ1) is 16.3. The molecule has 1 aliphatic heterocycles. The minimum Gasteiger partial charge on any atom is -0.380 e. The summed E-state index contributed by atoms with van der Waals surface area (Å²) in [6.07, 6.45) is 3.55. The molecule has 1 aliphatic rings. The molecular formula is C30H31N3O. The maximum atomic E-state index is 12.4. The van der Waals surface area contributed by atoms with E-state index in [9.17, 15) is 5.11 Å². The van der Waals surface area contributed by atoms with Crippen LogP contribution in [0.15, 0.2) is 73.1 Å². The van der Waals surface area contributed by atoms with Gasteiger partial charge in [-0.3, -0.25) is 4.98 Å². The van der Waals surface area contributed by atoms with E-state index in [1.54, 1.807) is 12.4 Å². The van der Waals surface area contributed by atoms with Gasteiger partial charge in [0.15, 0.2) is 0 Å². The van der Waals surface area contributed by atoms with Crippen LogP contribution in [0.4, 0.5) is 0 Å². The summed E-state index contributed by atoms with van der Waals surface area (Å²) in [6.45, 7) is 8.14. The minimum absolute atomic E-state index is 0.327. The van der Waals surface area contributed by atoms with Gasteiger partial charge in [0.2, 0.25) is 0 Å². The van der Waals surface area contributed by atoms with Gasteiger partial charge >= 0.3 is 0 Å². The lowest BCUT2D eigenvalue weighted by atomic mass is 9.62. The number of fused-ring (bicyclic) bond motifs is 1. The van der Waals surface area contributed by atoms with Crippen molar-refractivity contribution >= 4 is 10.9 Å². The van der Waals surface area contributed by atoms with Crippen LogP contribution in [-0.4, -0.2) is 40.1 Å². The summed E-state index contributed by atoms with van der Waals surface area (Å²) in [6, 6.07) is 20.6. The SMILES string of the molecule is CC(C)c1ccc(C(O)(c2cncc(C#Cc3cc4ccccc4[nH]3)c2)C2(C)CN(C)C2)cc1. The molecule has 0 saturated carbocycles. The van der Waals surface area contributed by atoms with Gasteiger partial charge in [0.25, 0.3) is 0 Å². The standard InChI is InChI=1S/C30H31N3O/c1-21(2)23-10-12-25(13-11-23)30(34,29(3)19-33(4)20-29)26-15-22(17-31-18-26)9-14-27-16-24-7-5-6-8-28(24)32-27/h5-8,10-13,15-18,21,32,34H,19-20H2,1-4H3. The van der Waals surface area contributed by atoms with E-state index in [2.05, 4.69) is 90.9 Å². The number of aromatic amines is 1. The summed E-state index contributed by atoms with van der Waals surface area (Å²) in [7, 11) is 2.09. The van der Waals surface area contributed by atoms with Crippen LogP contribution < -0.4 is 0 Å². The highest BCUT2D eigenvalue weighted by Crippen LogP contribution is 2.50. The number of nitrogens with one attached hydrogen (secondary N) is 1. The molecule has 34 heavy (non-hydrogen) atoms. The smallest absolute Gasteiger partial charge is 0.124 e. The molecule has 0 radical (unpaired) electrons. The van der Waals surface area contributed by atoms with Crippen LogP contribution >= 0.6 is 0 Å². The Morgan fingerprint density at radius 2 is 1.74 bits per heavy atom. The van der Waals surface area contributed by atoms with Gasteiger partial charge in [-0.1, -0.05) is 69.2 Å². The number of aromatic nitrogens is 2. The molecule has 0 bridgehead atoms. The van der Waals surface area contributed by atoms with Gasteiger partial charge in [0, 0.05) is 52.9 Å². The monoisotopic (exact) mass is 449 g/mol. The second kappa shape index (κ2) is 8.43. The van der Waals surface area contributed by atoms with Crippen molar-refractivity contribution < 1.29 is 5.11 Å². The Kier molecular flexibility index (Phi) is 5.56. The lowest BCUT2D eigenvalue weighted by Crippen LogP contribution is -2.63. The molecule has 1 fully saturated rings. The molecule has 0 amide bonds. The zero-order chi connectivity index (χ0) is 23.9. The van der Waals surface area contributed by atoms with Gasteiger partial charge in [0.05, 0.1) is 5.69 Å². The zero-order valence-electron chi connectivity index (χ0n) is 20.3. The van der Waals surface area contributed by atoms with Crippen LogP contribution in [0.25, 0.3) is 10.9 Å². The number of rotatable bonds is 4. The molecule has 4 heteroatoms. The topological polar surface area (TPSA) is 52.2 Å². The summed E-state index contributed by atoms with van der Waals surface area (Å²) >= 11 is 0. The molecule has 2 aromatic carbocycles. The molecule has 0 aliphatic carbocycles. The van der Waals surface area contributed by atoms with E-state index >= 15 is 0 Å². The van der Waals surface area contributed by atoms with Crippen molar-refractivity contribution in [2.75, 3.05) is 20.1 Å². The number of H-pyrrole nitrogens is 1. The molecule has 0 spiro atoms. The number of likely N-dealkylation sites (tertiary alicyclic amines) is 1. The highest BCUT2D eigenvalue weighted by atomic mass is 16.3. The molecule has 4 nitrogen and oxygen atoms in total. The van der Waals surface area contributed by atoms with E-state index in [0.29, 0.717) is 5.92 Å². The maximum Gasteiger partial charge on any atom is 0.124 e. The van der Waals surface area contributed by atoms with Crippen molar-refractivity contribution in [3.05, 3.63) is 101 Å². The first kappa shape index (κ1) is 22.4. The molecule has 2 aromatic heterocycles. The average molecular weight is 450 g/mol. The summed E-state index contributed by atoms with van der Waals surface area (Å²) in [5, 5.41) is 13.5. The molecular weight excluding hydrogens is 418 g/mol. The molecule has 3 heterocycles. The Bertz CT molecular complexity index is 1350. The van der Waals surface area contributed by atoms with Crippen LogP contribution in [0.2, 0.25) is 0 Å². The van der Waals surface area contributed by atoms with Crippen molar-refractivity contribution in [3.63, 3.8) is 0 Å². The maximum absolute atomic E-state index is 12.4. The predicted octanol–water partition coefficient (Wildman–Crippen LogP) is 5.27. The van der Waals surface area contributed by atoms with Crippen molar-refractivity contribution in [2.45, 2.75) is 32.3 Å². The molecule has 172 valence electrons. The van der Waals surface area contributed by atoms with E-state index in [-0.39, 0.29) is 5.41 Å². The molecule has 1 saturated heterocycles. The Hall–Kier alpha value is -3.39. The second-order valence-electron chi connectivity index (χ2n) is 10.2. The fourth-order valence-corrected chi connectivity index (χ4v) is 5.33. The molecule has 1 atom stereocenters. The second-order valence-corrected chi connectivity index (χ2v) is 10.2. The van der Waals surface area contributed by atoms with Crippen molar-refractivity contribution in [2.24, 2.45) is 5.41 Å². The largest absolute Gasteiger partial charge is 0.380 e. The van der Waals surface area contributed by atoms with E-state index in [0.717, 1.165) is 46.4 Å². The highest BCUT2D eigenvalue weighted by Gasteiger charge is 2.55. The minimum atomic E-state index is -1.17. The van der Waals surface area contributed by atoms with Crippen LogP contribution in [0, 0.1) is 17.3 Å². The Morgan fingerprint density at radius 3 is 2.41 bits per heavy atom. The van der Waals surface area contributed by atoms with Gasteiger partial charge in [-0.15, -0.1) is 0 Å². The lowest BCUT2D eigenvalue weighted by molar-refractivity contribution is -0.127. The Labute approximate surface area is 201 Å². The number of benzene rings is 2.